The Bertz CT molecular complexity index is 178. The summed E-state index contributed by atoms with van der Waals surface area (Å²) in [5.74, 6) is 0. The highest BCUT2D eigenvalue weighted by atomic mass is 32.2. The molecule has 0 radical (unpaired) electrons. The zero-order valence-corrected chi connectivity index (χ0v) is 8.40. The molecule has 2 fully saturated rings. The average Bonchev–Trinajstić information content (AvgIpc) is 2.46. The lowest BCUT2D eigenvalue weighted by Gasteiger charge is -2.35. The van der Waals surface area contributed by atoms with E-state index in [4.69, 9.17) is 0 Å². The number of rotatable bonds is 2. The normalized spacial score (nSPS) is 46.1. The van der Waals surface area contributed by atoms with E-state index in [0.29, 0.717) is 0 Å². The molecule has 2 heterocycles. The lowest BCUT2D eigenvalue weighted by Crippen LogP contribution is -2.31. The first-order chi connectivity index (χ1) is 5.78. The van der Waals surface area contributed by atoms with Crippen LogP contribution < -0.4 is 0 Å². The van der Waals surface area contributed by atoms with E-state index in [9.17, 15) is 4.79 Å². The van der Waals surface area contributed by atoms with Crippen molar-refractivity contribution >= 4 is 18.0 Å². The summed E-state index contributed by atoms with van der Waals surface area (Å²) >= 11 is 2.13. The minimum absolute atomic E-state index is 0.0666. The molecule has 0 saturated carbocycles. The molecule has 2 aliphatic rings. The Labute approximate surface area is 78.3 Å². The van der Waals surface area contributed by atoms with Gasteiger partial charge in [-0.15, -0.1) is 0 Å². The fourth-order valence-corrected chi connectivity index (χ4v) is 4.48. The predicted molar refractivity (Wildman–Crippen MR) is 52.4 cm³/mol. The molecule has 2 aliphatic heterocycles. The number of hydrogen-bond donors (Lipinski definition) is 0. The standard InChI is InChI=1S/C10H16OS/c1-2-10(7-11)5-8-3-4-9(6-10)12-8/h7-9H,2-6H2,1H3. The summed E-state index contributed by atoms with van der Waals surface area (Å²) in [6.45, 7) is 2.16. The Morgan fingerprint density at radius 3 is 2.42 bits per heavy atom. The van der Waals surface area contributed by atoms with Crippen molar-refractivity contribution in [3.05, 3.63) is 0 Å². The molecule has 2 rings (SSSR count). The molecule has 0 N–H and O–H groups in total. The maximum Gasteiger partial charge on any atom is 0.126 e. The quantitative estimate of drug-likeness (QED) is 0.614. The molecule has 1 nitrogen and oxygen atoms in total. The van der Waals surface area contributed by atoms with Crippen LogP contribution in [0.25, 0.3) is 0 Å². The van der Waals surface area contributed by atoms with Crippen LogP contribution in [0.2, 0.25) is 0 Å². The molecular weight excluding hydrogens is 168 g/mol. The number of hydrogen-bond acceptors (Lipinski definition) is 2. The van der Waals surface area contributed by atoms with E-state index in [-0.39, 0.29) is 5.41 Å². The van der Waals surface area contributed by atoms with Crippen LogP contribution in [0.3, 0.4) is 0 Å². The number of aldehydes is 1. The molecule has 2 atom stereocenters. The predicted octanol–water partition coefficient (Wildman–Crippen LogP) is 2.64. The summed E-state index contributed by atoms with van der Waals surface area (Å²) in [4.78, 5) is 11.0. The molecule has 68 valence electrons. The van der Waals surface area contributed by atoms with Gasteiger partial charge in [-0.25, -0.2) is 0 Å². The summed E-state index contributed by atoms with van der Waals surface area (Å²) in [5.41, 5.74) is 0.0666. The number of thioether (sulfide) groups is 1. The van der Waals surface area contributed by atoms with E-state index in [1.54, 1.807) is 0 Å². The van der Waals surface area contributed by atoms with Crippen LogP contribution in [0.4, 0.5) is 0 Å². The first kappa shape index (κ1) is 8.61. The fraction of sp³-hybridized carbons (Fsp3) is 0.900. The van der Waals surface area contributed by atoms with Crippen molar-refractivity contribution in [3.8, 4) is 0 Å². The van der Waals surface area contributed by atoms with Gasteiger partial charge in [-0.3, -0.25) is 0 Å². The van der Waals surface area contributed by atoms with Gasteiger partial charge in [0.25, 0.3) is 0 Å². The first-order valence-corrected chi connectivity index (χ1v) is 5.84. The lowest BCUT2D eigenvalue weighted by atomic mass is 9.79. The molecule has 0 aromatic heterocycles. The summed E-state index contributed by atoms with van der Waals surface area (Å²) in [5, 5.41) is 1.60. The monoisotopic (exact) mass is 184 g/mol. The van der Waals surface area contributed by atoms with E-state index < -0.39 is 0 Å². The van der Waals surface area contributed by atoms with Gasteiger partial charge in [-0.2, -0.15) is 11.8 Å². The van der Waals surface area contributed by atoms with Crippen LogP contribution in [0, 0.1) is 5.41 Å². The van der Waals surface area contributed by atoms with Gasteiger partial charge in [0.2, 0.25) is 0 Å². The van der Waals surface area contributed by atoms with Gasteiger partial charge in [0.1, 0.15) is 6.29 Å². The van der Waals surface area contributed by atoms with E-state index in [1.807, 2.05) is 0 Å². The Morgan fingerprint density at radius 1 is 1.42 bits per heavy atom. The third-order valence-electron chi connectivity index (χ3n) is 3.42. The SMILES string of the molecule is CCC1(C=O)CC2CCC(C1)S2. The third kappa shape index (κ3) is 1.30. The largest absolute Gasteiger partial charge is 0.303 e. The summed E-state index contributed by atoms with van der Waals surface area (Å²) < 4.78 is 0. The zero-order valence-electron chi connectivity index (χ0n) is 7.58. The first-order valence-electron chi connectivity index (χ1n) is 4.90. The maximum atomic E-state index is 11.0. The van der Waals surface area contributed by atoms with Crippen LogP contribution in [0.5, 0.6) is 0 Å². The van der Waals surface area contributed by atoms with Crippen LogP contribution in [-0.2, 0) is 4.79 Å². The van der Waals surface area contributed by atoms with Gasteiger partial charge in [-0.05, 0) is 32.1 Å². The minimum atomic E-state index is 0.0666. The van der Waals surface area contributed by atoms with Crippen molar-refractivity contribution in [1.29, 1.82) is 0 Å². The van der Waals surface area contributed by atoms with Crippen LogP contribution in [0.1, 0.15) is 39.0 Å². The van der Waals surface area contributed by atoms with Crippen LogP contribution in [-0.4, -0.2) is 16.8 Å². The summed E-state index contributed by atoms with van der Waals surface area (Å²) in [6.07, 6.45) is 7.28. The average molecular weight is 184 g/mol. The van der Waals surface area contributed by atoms with Gasteiger partial charge < -0.3 is 4.79 Å². The number of carbonyl (C=O) groups is 1. The second-order valence-corrected chi connectivity index (χ2v) is 5.80. The van der Waals surface area contributed by atoms with Gasteiger partial charge in [0.05, 0.1) is 0 Å². The van der Waals surface area contributed by atoms with E-state index in [2.05, 4.69) is 18.7 Å². The van der Waals surface area contributed by atoms with Crippen LogP contribution in [0.15, 0.2) is 0 Å². The summed E-state index contributed by atoms with van der Waals surface area (Å²) in [7, 11) is 0. The highest BCUT2D eigenvalue weighted by molar-refractivity contribution is 8.00. The Kier molecular flexibility index (Phi) is 2.19. The molecule has 2 unspecified atom stereocenters. The van der Waals surface area contributed by atoms with E-state index in [1.165, 1.54) is 19.1 Å². The molecule has 0 amide bonds. The number of carbonyl (C=O) groups excluding carboxylic acids is 1. The number of fused-ring (bicyclic) bond motifs is 2. The van der Waals surface area contributed by atoms with E-state index in [0.717, 1.165) is 29.8 Å². The highest BCUT2D eigenvalue weighted by Crippen LogP contribution is 2.51. The maximum absolute atomic E-state index is 11.0. The van der Waals surface area contributed by atoms with E-state index >= 15 is 0 Å². The van der Waals surface area contributed by atoms with Gasteiger partial charge in [0.15, 0.2) is 0 Å². The Balaban J connectivity index is 2.13. The molecule has 2 saturated heterocycles. The zero-order chi connectivity index (χ0) is 8.60. The molecule has 0 spiro atoms. The fourth-order valence-electron chi connectivity index (χ4n) is 2.54. The molecule has 2 heteroatoms. The molecular formula is C10H16OS. The second kappa shape index (κ2) is 3.06. The molecule has 0 aromatic carbocycles. The minimum Gasteiger partial charge on any atom is -0.303 e. The lowest BCUT2D eigenvalue weighted by molar-refractivity contribution is -0.117. The molecule has 2 bridgehead atoms. The van der Waals surface area contributed by atoms with Crippen molar-refractivity contribution in [1.82, 2.24) is 0 Å². The summed E-state index contributed by atoms with van der Waals surface area (Å²) in [6, 6.07) is 0. The Hall–Kier alpha value is 0.0200. The molecule has 12 heavy (non-hydrogen) atoms. The smallest absolute Gasteiger partial charge is 0.126 e. The highest BCUT2D eigenvalue weighted by Gasteiger charge is 2.43. The van der Waals surface area contributed by atoms with Crippen LogP contribution >= 0.6 is 11.8 Å². The Morgan fingerprint density at radius 2 is 2.00 bits per heavy atom. The third-order valence-corrected chi connectivity index (χ3v) is 4.99. The second-order valence-electron chi connectivity index (χ2n) is 4.20. The van der Waals surface area contributed by atoms with Crippen molar-refractivity contribution in [2.75, 3.05) is 0 Å². The van der Waals surface area contributed by atoms with Crippen molar-refractivity contribution in [3.63, 3.8) is 0 Å². The van der Waals surface area contributed by atoms with Crippen molar-refractivity contribution in [2.24, 2.45) is 5.41 Å². The van der Waals surface area contributed by atoms with Gasteiger partial charge >= 0.3 is 0 Å². The van der Waals surface area contributed by atoms with Crippen molar-refractivity contribution in [2.45, 2.75) is 49.5 Å². The van der Waals surface area contributed by atoms with Gasteiger partial charge in [0, 0.05) is 15.9 Å². The molecule has 0 aromatic rings. The van der Waals surface area contributed by atoms with Gasteiger partial charge in [-0.1, -0.05) is 6.92 Å². The topological polar surface area (TPSA) is 17.1 Å². The molecule has 0 aliphatic carbocycles. The van der Waals surface area contributed by atoms with Crippen molar-refractivity contribution < 1.29 is 4.79 Å².